The molecule has 2 aliphatic rings. The quantitative estimate of drug-likeness (QED) is 0.828. The van der Waals surface area contributed by atoms with Crippen LogP contribution in [0.5, 0.6) is 0 Å². The van der Waals surface area contributed by atoms with Crippen molar-refractivity contribution in [1.82, 2.24) is 4.90 Å². The summed E-state index contributed by atoms with van der Waals surface area (Å²) in [6.45, 7) is 0.551. The Hall–Kier alpha value is -2.32. The second-order valence-corrected chi connectivity index (χ2v) is 7.53. The van der Waals surface area contributed by atoms with Crippen molar-refractivity contribution in [2.75, 3.05) is 19.7 Å². The Kier molecular flexibility index (Phi) is 4.69. The van der Waals surface area contributed by atoms with Crippen LogP contribution in [0.15, 0.2) is 35.9 Å². The monoisotopic (exact) mass is 398 g/mol. The van der Waals surface area contributed by atoms with Gasteiger partial charge in [0.1, 0.15) is 6.61 Å². The summed E-state index contributed by atoms with van der Waals surface area (Å²) in [6, 6.07) is 11.4. The van der Waals surface area contributed by atoms with Crippen molar-refractivity contribution in [3.05, 3.63) is 62.6 Å². The van der Waals surface area contributed by atoms with E-state index in [4.69, 9.17) is 23.2 Å². The number of fused-ring (bicyclic) bond motifs is 2. The van der Waals surface area contributed by atoms with E-state index in [0.717, 1.165) is 40.7 Å². The summed E-state index contributed by atoms with van der Waals surface area (Å²) < 4.78 is 0. The molecule has 0 radical (unpaired) electrons. The molecular weight excluding hydrogens is 383 g/mol. The molecule has 1 amide bonds. The van der Waals surface area contributed by atoms with E-state index < -0.39 is 6.61 Å². The Bertz CT molecular complexity index is 1040. The molecule has 0 atom stereocenters. The van der Waals surface area contributed by atoms with E-state index in [1.54, 1.807) is 11.0 Å². The van der Waals surface area contributed by atoms with E-state index >= 15 is 0 Å². The number of amides is 1. The third-order valence-corrected chi connectivity index (χ3v) is 6.09. The van der Waals surface area contributed by atoms with Crippen LogP contribution in [0.4, 0.5) is 0 Å². The zero-order valence-electron chi connectivity index (χ0n) is 14.4. The molecule has 27 heavy (non-hydrogen) atoms. The van der Waals surface area contributed by atoms with Crippen molar-refractivity contribution >= 4 is 34.7 Å². The number of carbonyl (C=O) groups is 1. The normalized spacial score (nSPS) is 15.4. The molecule has 0 saturated carbocycles. The molecule has 2 aromatic carbocycles. The van der Waals surface area contributed by atoms with Crippen LogP contribution in [-0.4, -0.2) is 35.6 Å². The third kappa shape index (κ3) is 3.02. The number of benzene rings is 2. The van der Waals surface area contributed by atoms with Crippen LogP contribution in [0.3, 0.4) is 0 Å². The number of carbonyl (C=O) groups excluding carboxylic acids is 1. The summed E-state index contributed by atoms with van der Waals surface area (Å²) in [5.41, 5.74) is 6.70. The zero-order valence-corrected chi connectivity index (χ0v) is 15.9. The standard InChI is InChI=1S/C21H16Cl2N2O2/c22-18-8-15(13-3-1-2-12(6-13)9-24)20-16(21(18)23)7-14-4-5-25(10-17(14)20)19(27)11-26/h1-3,6,8,26H,4-5,7,10-11H2. The number of halogens is 2. The predicted octanol–water partition coefficient (Wildman–Crippen LogP) is 4.07. The molecule has 0 aromatic heterocycles. The largest absolute Gasteiger partial charge is 0.387 e. The fourth-order valence-corrected chi connectivity index (χ4v) is 4.39. The van der Waals surface area contributed by atoms with E-state index in [1.165, 1.54) is 5.57 Å². The number of aliphatic hydroxyl groups excluding tert-OH is 1. The Balaban J connectivity index is 1.88. The van der Waals surface area contributed by atoms with E-state index in [-0.39, 0.29) is 5.91 Å². The molecule has 1 aliphatic carbocycles. The number of nitrogens with zero attached hydrogens (tertiary/aromatic N) is 2. The van der Waals surface area contributed by atoms with E-state index in [1.807, 2.05) is 24.3 Å². The van der Waals surface area contributed by atoms with E-state index in [2.05, 4.69) is 6.07 Å². The first-order valence-electron chi connectivity index (χ1n) is 8.64. The molecular formula is C21H16Cl2N2O2. The zero-order chi connectivity index (χ0) is 19.1. The molecule has 1 N–H and O–H groups in total. The van der Waals surface area contributed by atoms with Gasteiger partial charge in [-0.15, -0.1) is 0 Å². The molecule has 6 heteroatoms. The molecule has 1 heterocycles. The van der Waals surface area contributed by atoms with Gasteiger partial charge in [0.15, 0.2) is 0 Å². The van der Waals surface area contributed by atoms with Gasteiger partial charge < -0.3 is 10.0 Å². The van der Waals surface area contributed by atoms with Gasteiger partial charge >= 0.3 is 0 Å². The van der Waals surface area contributed by atoms with Crippen molar-refractivity contribution in [2.45, 2.75) is 12.8 Å². The first-order valence-corrected chi connectivity index (χ1v) is 9.40. The number of aliphatic hydroxyl groups is 1. The molecule has 0 saturated heterocycles. The van der Waals surface area contributed by atoms with Crippen molar-refractivity contribution in [3.8, 4) is 17.2 Å². The van der Waals surface area contributed by atoms with Gasteiger partial charge in [-0.05, 0) is 58.9 Å². The van der Waals surface area contributed by atoms with E-state index in [0.29, 0.717) is 28.7 Å². The van der Waals surface area contributed by atoms with Gasteiger partial charge in [0.2, 0.25) is 5.91 Å². The van der Waals surface area contributed by atoms with Crippen LogP contribution in [-0.2, 0) is 11.2 Å². The average molecular weight is 399 g/mol. The fourth-order valence-electron chi connectivity index (χ4n) is 3.95. The lowest BCUT2D eigenvalue weighted by Crippen LogP contribution is -2.37. The average Bonchev–Trinajstić information content (AvgIpc) is 3.09. The van der Waals surface area contributed by atoms with Crippen molar-refractivity contribution < 1.29 is 9.90 Å². The van der Waals surface area contributed by atoms with Crippen LogP contribution in [0, 0.1) is 11.3 Å². The predicted molar refractivity (Wildman–Crippen MR) is 106 cm³/mol. The summed E-state index contributed by atoms with van der Waals surface area (Å²) in [4.78, 5) is 13.7. The molecule has 0 fully saturated rings. The molecule has 4 rings (SSSR count). The maximum atomic E-state index is 12.0. The highest BCUT2D eigenvalue weighted by Crippen LogP contribution is 2.47. The van der Waals surface area contributed by atoms with Crippen molar-refractivity contribution in [3.63, 3.8) is 0 Å². The summed E-state index contributed by atoms with van der Waals surface area (Å²) in [5.74, 6) is -0.275. The number of hydrogen-bond acceptors (Lipinski definition) is 3. The Labute approximate surface area is 167 Å². The topological polar surface area (TPSA) is 64.3 Å². The first-order chi connectivity index (χ1) is 13.0. The maximum Gasteiger partial charge on any atom is 0.248 e. The fraction of sp³-hybridized carbons (Fsp3) is 0.238. The van der Waals surface area contributed by atoms with Crippen LogP contribution in [0.2, 0.25) is 10.0 Å². The number of nitriles is 1. The second-order valence-electron chi connectivity index (χ2n) is 6.75. The van der Waals surface area contributed by atoms with Gasteiger partial charge in [-0.3, -0.25) is 4.79 Å². The highest BCUT2D eigenvalue weighted by molar-refractivity contribution is 6.43. The van der Waals surface area contributed by atoms with Gasteiger partial charge in [-0.2, -0.15) is 5.26 Å². The molecule has 4 nitrogen and oxygen atoms in total. The van der Waals surface area contributed by atoms with Gasteiger partial charge in [0.05, 0.1) is 21.7 Å². The van der Waals surface area contributed by atoms with E-state index in [9.17, 15) is 15.2 Å². The van der Waals surface area contributed by atoms with Crippen LogP contribution < -0.4 is 0 Å². The summed E-state index contributed by atoms with van der Waals surface area (Å²) in [6.07, 6.45) is 1.47. The van der Waals surface area contributed by atoms with Gasteiger partial charge in [0, 0.05) is 13.1 Å². The summed E-state index contributed by atoms with van der Waals surface area (Å²) >= 11 is 12.9. The lowest BCUT2D eigenvalue weighted by Gasteiger charge is -2.29. The smallest absolute Gasteiger partial charge is 0.248 e. The lowest BCUT2D eigenvalue weighted by molar-refractivity contribution is -0.133. The minimum atomic E-state index is -0.492. The molecule has 1 aliphatic heterocycles. The maximum absolute atomic E-state index is 12.0. The molecule has 0 unspecified atom stereocenters. The summed E-state index contributed by atoms with van der Waals surface area (Å²) in [5, 5.41) is 19.5. The molecule has 136 valence electrons. The van der Waals surface area contributed by atoms with Crippen molar-refractivity contribution in [1.29, 1.82) is 5.26 Å². The Morgan fingerprint density at radius 3 is 2.85 bits per heavy atom. The van der Waals surface area contributed by atoms with Gasteiger partial charge in [0.25, 0.3) is 0 Å². The molecule has 2 aromatic rings. The highest BCUT2D eigenvalue weighted by atomic mass is 35.5. The first kappa shape index (κ1) is 18.1. The lowest BCUT2D eigenvalue weighted by atomic mass is 9.91. The van der Waals surface area contributed by atoms with Crippen LogP contribution in [0.25, 0.3) is 16.7 Å². The SMILES string of the molecule is N#Cc1cccc(-c2cc(Cl)c(Cl)c3c2C2=C(CCN(C(=O)CO)C2)C3)c1. The Morgan fingerprint density at radius 1 is 1.30 bits per heavy atom. The highest BCUT2D eigenvalue weighted by Gasteiger charge is 2.33. The molecule has 0 spiro atoms. The van der Waals surface area contributed by atoms with Gasteiger partial charge in [-0.1, -0.05) is 40.9 Å². The minimum absolute atomic E-state index is 0.275. The molecule has 0 bridgehead atoms. The third-order valence-electron chi connectivity index (χ3n) is 5.26. The number of hydrogen-bond donors (Lipinski definition) is 1. The minimum Gasteiger partial charge on any atom is -0.387 e. The second kappa shape index (κ2) is 7.01. The van der Waals surface area contributed by atoms with Crippen LogP contribution in [0.1, 0.15) is 23.1 Å². The van der Waals surface area contributed by atoms with Crippen molar-refractivity contribution in [2.24, 2.45) is 0 Å². The Morgan fingerprint density at radius 2 is 2.11 bits per heavy atom. The van der Waals surface area contributed by atoms with Gasteiger partial charge in [-0.25, -0.2) is 0 Å². The summed E-state index contributed by atoms with van der Waals surface area (Å²) in [7, 11) is 0. The number of rotatable bonds is 2. The van der Waals surface area contributed by atoms with Crippen LogP contribution >= 0.6 is 23.2 Å².